The van der Waals surface area contributed by atoms with Gasteiger partial charge >= 0.3 is 0 Å². The summed E-state index contributed by atoms with van der Waals surface area (Å²) in [6.45, 7) is 2.19. The Bertz CT molecular complexity index is 442. The monoisotopic (exact) mass is 269 g/mol. The first-order chi connectivity index (χ1) is 8.98. The van der Waals surface area contributed by atoms with Crippen molar-refractivity contribution in [1.82, 2.24) is 0 Å². The molecule has 1 fully saturated rings. The van der Waals surface area contributed by atoms with Gasteiger partial charge in [-0.2, -0.15) is 0 Å². The molecule has 0 bridgehead atoms. The third-order valence-electron chi connectivity index (χ3n) is 4.39. The molecule has 1 unspecified atom stereocenters. The molecule has 1 aromatic carbocycles. The zero-order chi connectivity index (χ0) is 14.0. The molecule has 2 rings (SSSR count). The van der Waals surface area contributed by atoms with Gasteiger partial charge in [-0.05, 0) is 49.8 Å². The normalized spacial score (nSPS) is 29.2. The molecule has 4 heteroatoms. The Balaban J connectivity index is 2.30. The van der Waals surface area contributed by atoms with Gasteiger partial charge in [0.15, 0.2) is 0 Å². The molecule has 0 saturated heterocycles. The van der Waals surface area contributed by atoms with E-state index in [1.807, 2.05) is 0 Å². The molecule has 0 spiro atoms. The lowest BCUT2D eigenvalue weighted by Gasteiger charge is -2.42. The minimum absolute atomic E-state index is 0.205. The maximum absolute atomic E-state index is 13.9. The van der Waals surface area contributed by atoms with Crippen LogP contribution in [-0.4, -0.2) is 12.7 Å². The van der Waals surface area contributed by atoms with Crippen LogP contribution >= 0.6 is 0 Å². The lowest BCUT2D eigenvalue weighted by molar-refractivity contribution is -0.0678. The average molecular weight is 269 g/mol. The Morgan fingerprint density at radius 1 is 1.32 bits per heavy atom. The first-order valence-electron chi connectivity index (χ1n) is 6.74. The second-order valence-electron chi connectivity index (χ2n) is 5.59. The molecule has 0 aromatic heterocycles. The van der Waals surface area contributed by atoms with E-state index in [4.69, 9.17) is 10.5 Å². The number of hydrogen-bond donors (Lipinski definition) is 1. The fourth-order valence-electron chi connectivity index (χ4n) is 2.93. The highest BCUT2D eigenvalue weighted by atomic mass is 19.1. The van der Waals surface area contributed by atoms with E-state index < -0.39 is 23.3 Å². The van der Waals surface area contributed by atoms with E-state index in [9.17, 15) is 8.78 Å². The largest absolute Gasteiger partial charge is 0.376 e. The molecule has 1 saturated carbocycles. The van der Waals surface area contributed by atoms with Crippen LogP contribution in [0, 0.1) is 17.6 Å². The van der Waals surface area contributed by atoms with Crippen molar-refractivity contribution >= 4 is 0 Å². The van der Waals surface area contributed by atoms with Crippen LogP contribution in [0.4, 0.5) is 8.78 Å². The maximum Gasteiger partial charge on any atom is 0.128 e. The predicted molar refractivity (Wildman–Crippen MR) is 70.7 cm³/mol. The molecule has 0 heterocycles. The number of methoxy groups -OCH3 is 1. The molecule has 2 N–H and O–H groups in total. The van der Waals surface area contributed by atoms with Crippen LogP contribution in [0.5, 0.6) is 0 Å². The quantitative estimate of drug-likeness (QED) is 0.910. The Labute approximate surface area is 112 Å². The number of nitrogens with two attached hydrogens (primary N) is 1. The van der Waals surface area contributed by atoms with Gasteiger partial charge in [0, 0.05) is 12.7 Å². The molecule has 19 heavy (non-hydrogen) atoms. The van der Waals surface area contributed by atoms with Gasteiger partial charge in [0.1, 0.15) is 11.6 Å². The number of benzene rings is 1. The minimum Gasteiger partial charge on any atom is -0.376 e. The fourth-order valence-corrected chi connectivity index (χ4v) is 2.93. The van der Waals surface area contributed by atoms with Gasteiger partial charge in [-0.3, -0.25) is 0 Å². The first-order valence-corrected chi connectivity index (χ1v) is 6.74. The van der Waals surface area contributed by atoms with Gasteiger partial charge < -0.3 is 10.5 Å². The van der Waals surface area contributed by atoms with Crippen LogP contribution in [0.3, 0.4) is 0 Å². The second-order valence-corrected chi connectivity index (χ2v) is 5.59. The molecule has 106 valence electrons. The van der Waals surface area contributed by atoms with Crippen molar-refractivity contribution in [3.05, 3.63) is 35.4 Å². The van der Waals surface area contributed by atoms with Crippen LogP contribution in [-0.2, 0) is 4.74 Å². The van der Waals surface area contributed by atoms with Gasteiger partial charge in [0.25, 0.3) is 0 Å². The van der Waals surface area contributed by atoms with E-state index in [0.717, 1.165) is 37.8 Å². The van der Waals surface area contributed by atoms with Crippen molar-refractivity contribution < 1.29 is 13.5 Å². The summed E-state index contributed by atoms with van der Waals surface area (Å²) < 4.78 is 32.8. The zero-order valence-electron chi connectivity index (χ0n) is 11.5. The van der Waals surface area contributed by atoms with E-state index in [1.54, 1.807) is 7.11 Å². The van der Waals surface area contributed by atoms with Crippen LogP contribution in [0.15, 0.2) is 18.2 Å². The topological polar surface area (TPSA) is 35.2 Å². The van der Waals surface area contributed by atoms with E-state index in [0.29, 0.717) is 5.92 Å². The standard InChI is InChI=1S/C15H21F2NO/c1-10-5-7-15(19-2,8-6-10)14(18)12-9-11(16)3-4-13(12)17/h3-4,9-10,14H,5-8,18H2,1-2H3. The third-order valence-corrected chi connectivity index (χ3v) is 4.39. The summed E-state index contributed by atoms with van der Waals surface area (Å²) in [6.07, 6.45) is 3.56. The summed E-state index contributed by atoms with van der Waals surface area (Å²) in [5.41, 5.74) is 5.82. The molecule has 1 atom stereocenters. The van der Waals surface area contributed by atoms with Crippen LogP contribution < -0.4 is 5.73 Å². The van der Waals surface area contributed by atoms with Crippen molar-refractivity contribution in [1.29, 1.82) is 0 Å². The smallest absolute Gasteiger partial charge is 0.128 e. The Morgan fingerprint density at radius 2 is 1.95 bits per heavy atom. The fraction of sp³-hybridized carbons (Fsp3) is 0.600. The summed E-state index contributed by atoms with van der Waals surface area (Å²) in [5.74, 6) is -0.306. The average Bonchev–Trinajstić information content (AvgIpc) is 2.42. The van der Waals surface area contributed by atoms with Crippen molar-refractivity contribution in [3.8, 4) is 0 Å². The maximum atomic E-state index is 13.9. The molecule has 1 aliphatic rings. The van der Waals surface area contributed by atoms with Gasteiger partial charge in [0.05, 0.1) is 11.6 Å². The lowest BCUT2D eigenvalue weighted by Crippen LogP contribution is -2.46. The number of halogens is 2. The highest BCUT2D eigenvalue weighted by Crippen LogP contribution is 2.42. The van der Waals surface area contributed by atoms with Crippen molar-refractivity contribution in [2.75, 3.05) is 7.11 Å². The minimum atomic E-state index is -0.638. The van der Waals surface area contributed by atoms with Gasteiger partial charge in [-0.15, -0.1) is 0 Å². The number of rotatable bonds is 3. The van der Waals surface area contributed by atoms with E-state index in [-0.39, 0.29) is 5.56 Å². The van der Waals surface area contributed by atoms with Crippen LogP contribution in [0.2, 0.25) is 0 Å². The molecule has 1 aromatic rings. The van der Waals surface area contributed by atoms with Crippen molar-refractivity contribution in [2.24, 2.45) is 11.7 Å². The van der Waals surface area contributed by atoms with Gasteiger partial charge in [-0.1, -0.05) is 6.92 Å². The molecule has 0 aliphatic heterocycles. The summed E-state index contributed by atoms with van der Waals surface area (Å²) in [5, 5.41) is 0. The molecule has 0 radical (unpaired) electrons. The van der Waals surface area contributed by atoms with E-state index >= 15 is 0 Å². The van der Waals surface area contributed by atoms with Crippen molar-refractivity contribution in [3.63, 3.8) is 0 Å². The van der Waals surface area contributed by atoms with Gasteiger partial charge in [0.2, 0.25) is 0 Å². The van der Waals surface area contributed by atoms with E-state index in [2.05, 4.69) is 6.92 Å². The summed E-state index contributed by atoms with van der Waals surface area (Å²) in [7, 11) is 1.60. The van der Waals surface area contributed by atoms with Crippen molar-refractivity contribution in [2.45, 2.75) is 44.2 Å². The Morgan fingerprint density at radius 3 is 2.53 bits per heavy atom. The molecule has 1 aliphatic carbocycles. The molecule has 2 nitrogen and oxygen atoms in total. The lowest BCUT2D eigenvalue weighted by atomic mass is 9.73. The second kappa shape index (κ2) is 5.55. The van der Waals surface area contributed by atoms with Crippen LogP contribution in [0.25, 0.3) is 0 Å². The molecule has 0 amide bonds. The first kappa shape index (κ1) is 14.4. The Kier molecular flexibility index (Phi) is 4.21. The number of hydrogen-bond acceptors (Lipinski definition) is 2. The summed E-state index contributed by atoms with van der Waals surface area (Å²) in [4.78, 5) is 0. The van der Waals surface area contributed by atoms with E-state index in [1.165, 1.54) is 6.07 Å². The molecular formula is C15H21F2NO. The highest BCUT2D eigenvalue weighted by molar-refractivity contribution is 5.25. The zero-order valence-corrected chi connectivity index (χ0v) is 11.5. The Hall–Kier alpha value is -1.00. The van der Waals surface area contributed by atoms with Gasteiger partial charge in [-0.25, -0.2) is 8.78 Å². The number of ether oxygens (including phenoxy) is 1. The third kappa shape index (κ3) is 2.79. The SMILES string of the molecule is COC1(C(N)c2cc(F)ccc2F)CCC(C)CC1. The highest BCUT2D eigenvalue weighted by Gasteiger charge is 2.41. The predicted octanol–water partition coefficient (Wildman–Crippen LogP) is 3.56. The van der Waals surface area contributed by atoms with Crippen LogP contribution in [0.1, 0.15) is 44.2 Å². The molecular weight excluding hydrogens is 248 g/mol. The summed E-state index contributed by atoms with van der Waals surface area (Å²) >= 11 is 0. The summed E-state index contributed by atoms with van der Waals surface area (Å²) in [6, 6.07) is 2.77.